The van der Waals surface area contributed by atoms with E-state index in [1.54, 1.807) is 7.05 Å². The Balaban J connectivity index is 0.00000180. The van der Waals surface area contributed by atoms with Crippen molar-refractivity contribution in [2.45, 2.75) is 31.3 Å². The Hall–Kier alpha value is -0.630. The molecule has 2 rings (SSSR count). The van der Waals surface area contributed by atoms with Crippen LogP contribution in [-0.2, 0) is 17.1 Å². The molecular formula is C11H21ClN4O2S. The lowest BCUT2D eigenvalue weighted by Crippen LogP contribution is -2.54. The molecule has 1 fully saturated rings. The second-order valence-corrected chi connectivity index (χ2v) is 7.40. The molecule has 19 heavy (non-hydrogen) atoms. The predicted octanol–water partition coefficient (Wildman–Crippen LogP) is 0.590. The van der Waals surface area contributed by atoms with E-state index < -0.39 is 10.0 Å². The van der Waals surface area contributed by atoms with Crippen molar-refractivity contribution in [2.75, 3.05) is 13.1 Å². The van der Waals surface area contributed by atoms with Gasteiger partial charge in [0.05, 0.1) is 6.20 Å². The Bertz CT molecular complexity index is 541. The molecule has 2 N–H and O–H groups in total. The third kappa shape index (κ3) is 2.94. The topological polar surface area (TPSA) is 81.2 Å². The molecule has 1 aromatic rings. The van der Waals surface area contributed by atoms with Crippen LogP contribution in [0.3, 0.4) is 0 Å². The summed E-state index contributed by atoms with van der Waals surface area (Å²) in [7, 11) is -1.83. The van der Waals surface area contributed by atoms with E-state index >= 15 is 0 Å². The summed E-state index contributed by atoms with van der Waals surface area (Å²) in [4.78, 5) is 0. The number of hydrogen-bond acceptors (Lipinski definition) is 4. The lowest BCUT2D eigenvalue weighted by molar-refractivity contribution is 0.155. The largest absolute Gasteiger partial charge is 0.327 e. The zero-order valence-electron chi connectivity index (χ0n) is 11.4. The second kappa shape index (κ2) is 5.40. The fourth-order valence-corrected chi connectivity index (χ4v) is 4.00. The second-order valence-electron chi connectivity index (χ2n) is 5.52. The van der Waals surface area contributed by atoms with E-state index in [1.165, 1.54) is 21.3 Å². The number of nitrogens with two attached hydrogens (primary N) is 1. The molecule has 6 nitrogen and oxygen atoms in total. The SMILES string of the molecule is Cl.Cn1nccc1S(=O)(=O)N1CCC(N)C(C)(C)C1. The molecular weight excluding hydrogens is 288 g/mol. The van der Waals surface area contributed by atoms with Crippen LogP contribution in [0.1, 0.15) is 20.3 Å². The Kier molecular flexibility index (Phi) is 4.66. The molecule has 8 heteroatoms. The van der Waals surface area contributed by atoms with E-state index in [-0.39, 0.29) is 28.9 Å². The lowest BCUT2D eigenvalue weighted by atomic mass is 9.81. The maximum Gasteiger partial charge on any atom is 0.260 e. The third-order valence-electron chi connectivity index (χ3n) is 3.66. The molecule has 0 spiro atoms. The summed E-state index contributed by atoms with van der Waals surface area (Å²) in [6, 6.07) is 1.56. The molecule has 1 aromatic heterocycles. The van der Waals surface area contributed by atoms with Gasteiger partial charge in [0.2, 0.25) is 0 Å². The first kappa shape index (κ1) is 16.4. The summed E-state index contributed by atoms with van der Waals surface area (Å²) >= 11 is 0. The van der Waals surface area contributed by atoms with E-state index in [0.29, 0.717) is 19.5 Å². The molecule has 1 aliphatic rings. The van der Waals surface area contributed by atoms with Crippen LogP contribution < -0.4 is 5.73 Å². The van der Waals surface area contributed by atoms with Gasteiger partial charge in [0.25, 0.3) is 10.0 Å². The van der Waals surface area contributed by atoms with E-state index in [2.05, 4.69) is 5.10 Å². The monoisotopic (exact) mass is 308 g/mol. The van der Waals surface area contributed by atoms with Crippen molar-refractivity contribution in [3.63, 3.8) is 0 Å². The van der Waals surface area contributed by atoms with Crippen molar-refractivity contribution in [2.24, 2.45) is 18.2 Å². The van der Waals surface area contributed by atoms with Gasteiger partial charge in [-0.15, -0.1) is 12.4 Å². The summed E-state index contributed by atoms with van der Waals surface area (Å²) in [5, 5.41) is 4.15. The molecule has 0 aliphatic carbocycles. The molecule has 1 unspecified atom stereocenters. The smallest absolute Gasteiger partial charge is 0.260 e. The van der Waals surface area contributed by atoms with Crippen LogP contribution in [0.15, 0.2) is 17.3 Å². The number of rotatable bonds is 2. The number of aryl methyl sites for hydroxylation is 1. The highest BCUT2D eigenvalue weighted by Gasteiger charge is 2.39. The van der Waals surface area contributed by atoms with Crippen molar-refractivity contribution in [3.8, 4) is 0 Å². The number of aromatic nitrogens is 2. The minimum atomic E-state index is -3.47. The molecule has 0 bridgehead atoms. The summed E-state index contributed by atoms with van der Waals surface area (Å²) in [6.07, 6.45) is 2.18. The van der Waals surface area contributed by atoms with Crippen molar-refractivity contribution >= 4 is 22.4 Å². The Morgan fingerprint density at radius 2 is 2.11 bits per heavy atom. The Labute approximate surface area is 120 Å². The van der Waals surface area contributed by atoms with Crippen LogP contribution in [0.5, 0.6) is 0 Å². The maximum atomic E-state index is 12.5. The van der Waals surface area contributed by atoms with Crippen molar-refractivity contribution in [1.82, 2.24) is 14.1 Å². The highest BCUT2D eigenvalue weighted by Crippen LogP contribution is 2.30. The van der Waals surface area contributed by atoms with Gasteiger partial charge in [-0.1, -0.05) is 13.8 Å². The van der Waals surface area contributed by atoms with E-state index in [1.807, 2.05) is 13.8 Å². The molecule has 1 saturated heterocycles. The zero-order chi connectivity index (χ0) is 13.6. The normalized spacial score (nSPS) is 23.9. The molecule has 1 atom stereocenters. The molecule has 0 saturated carbocycles. The Morgan fingerprint density at radius 3 is 2.58 bits per heavy atom. The molecule has 1 aliphatic heterocycles. The highest BCUT2D eigenvalue weighted by molar-refractivity contribution is 7.89. The van der Waals surface area contributed by atoms with Gasteiger partial charge in [-0.3, -0.25) is 4.68 Å². The number of nitrogens with zero attached hydrogens (tertiary/aromatic N) is 3. The number of hydrogen-bond donors (Lipinski definition) is 1. The van der Waals surface area contributed by atoms with Gasteiger partial charge in [-0.25, -0.2) is 8.42 Å². The van der Waals surface area contributed by atoms with Gasteiger partial charge in [0.1, 0.15) is 0 Å². The molecule has 2 heterocycles. The van der Waals surface area contributed by atoms with E-state index in [9.17, 15) is 8.42 Å². The maximum absolute atomic E-state index is 12.5. The van der Waals surface area contributed by atoms with Crippen LogP contribution in [0.2, 0.25) is 0 Å². The van der Waals surface area contributed by atoms with Crippen molar-refractivity contribution < 1.29 is 8.42 Å². The lowest BCUT2D eigenvalue weighted by Gasteiger charge is -2.41. The fourth-order valence-electron chi connectivity index (χ4n) is 2.28. The number of halogens is 1. The van der Waals surface area contributed by atoms with Gasteiger partial charge in [0, 0.05) is 26.2 Å². The van der Waals surface area contributed by atoms with Gasteiger partial charge in [-0.2, -0.15) is 9.40 Å². The quantitative estimate of drug-likeness (QED) is 0.867. The predicted molar refractivity (Wildman–Crippen MR) is 75.6 cm³/mol. The van der Waals surface area contributed by atoms with Crippen LogP contribution in [0.4, 0.5) is 0 Å². The summed E-state index contributed by atoms with van der Waals surface area (Å²) in [5.74, 6) is 0. The standard InChI is InChI=1S/C11H20N4O2S.ClH/c1-11(2)8-15(7-5-9(11)12)18(16,17)10-4-6-13-14(10)3;/h4,6,9H,5,7-8,12H2,1-3H3;1H. The van der Waals surface area contributed by atoms with Crippen molar-refractivity contribution in [3.05, 3.63) is 12.3 Å². The Morgan fingerprint density at radius 1 is 1.47 bits per heavy atom. The first-order chi connectivity index (χ1) is 8.25. The van der Waals surface area contributed by atoms with Crippen molar-refractivity contribution in [1.29, 1.82) is 0 Å². The average Bonchev–Trinajstić information content (AvgIpc) is 2.69. The van der Waals surface area contributed by atoms with E-state index in [0.717, 1.165) is 0 Å². The van der Waals surface area contributed by atoms with Gasteiger partial charge in [-0.05, 0) is 17.9 Å². The highest BCUT2D eigenvalue weighted by atomic mass is 35.5. The summed E-state index contributed by atoms with van der Waals surface area (Å²) < 4.78 is 27.9. The van der Waals surface area contributed by atoms with Gasteiger partial charge < -0.3 is 5.73 Å². The minimum Gasteiger partial charge on any atom is -0.327 e. The minimum absolute atomic E-state index is 0. The van der Waals surface area contributed by atoms with E-state index in [4.69, 9.17) is 5.73 Å². The van der Waals surface area contributed by atoms with Crippen LogP contribution in [0, 0.1) is 5.41 Å². The molecule has 110 valence electrons. The molecule has 0 radical (unpaired) electrons. The van der Waals surface area contributed by atoms with Gasteiger partial charge in [0.15, 0.2) is 5.03 Å². The third-order valence-corrected chi connectivity index (χ3v) is 5.58. The van der Waals surface area contributed by atoms with Crippen LogP contribution >= 0.6 is 12.4 Å². The van der Waals surface area contributed by atoms with Crippen LogP contribution in [0.25, 0.3) is 0 Å². The average molecular weight is 309 g/mol. The number of piperidine rings is 1. The summed E-state index contributed by atoms with van der Waals surface area (Å²) in [6.45, 7) is 4.92. The fraction of sp³-hybridized carbons (Fsp3) is 0.727. The molecule has 0 amide bonds. The van der Waals surface area contributed by atoms with Gasteiger partial charge >= 0.3 is 0 Å². The first-order valence-electron chi connectivity index (χ1n) is 5.99. The first-order valence-corrected chi connectivity index (χ1v) is 7.43. The zero-order valence-corrected chi connectivity index (χ0v) is 13.0. The summed E-state index contributed by atoms with van der Waals surface area (Å²) in [5.41, 5.74) is 5.82. The number of sulfonamides is 1. The van der Waals surface area contributed by atoms with Crippen LogP contribution in [-0.4, -0.2) is 41.6 Å². The molecule has 0 aromatic carbocycles.